The molecule has 0 aliphatic heterocycles. The number of nitrogens with zero attached hydrogens (tertiary/aromatic N) is 1. The van der Waals surface area contributed by atoms with Gasteiger partial charge in [-0.05, 0) is 30.3 Å². The summed E-state index contributed by atoms with van der Waals surface area (Å²) in [6.07, 6.45) is 1.93. The summed E-state index contributed by atoms with van der Waals surface area (Å²) in [7, 11) is 0. The first-order valence-corrected chi connectivity index (χ1v) is 4.99. The summed E-state index contributed by atoms with van der Waals surface area (Å²) in [5.74, 6) is -0.887. The van der Waals surface area contributed by atoms with Crippen molar-refractivity contribution in [2.45, 2.75) is 0 Å². The van der Waals surface area contributed by atoms with E-state index in [0.717, 1.165) is 16.4 Å². The van der Waals surface area contributed by atoms with Gasteiger partial charge in [0.2, 0.25) is 0 Å². The average Bonchev–Trinajstić information content (AvgIpc) is 2.67. The average molecular weight is 211 g/mol. The van der Waals surface area contributed by atoms with Crippen molar-refractivity contribution in [2.75, 3.05) is 0 Å². The minimum absolute atomic E-state index is 0.348. The number of aromatic nitrogens is 1. The molecule has 0 saturated carbocycles. The van der Waals surface area contributed by atoms with E-state index in [4.69, 9.17) is 5.11 Å². The lowest BCUT2D eigenvalue weighted by molar-refractivity contribution is 0.0699. The predicted octanol–water partition coefficient (Wildman–Crippen LogP) is 2.79. The van der Waals surface area contributed by atoms with Crippen LogP contribution in [-0.2, 0) is 0 Å². The number of aromatic carboxylic acids is 1. The molecule has 2 aromatic heterocycles. The van der Waals surface area contributed by atoms with E-state index in [-0.39, 0.29) is 0 Å². The molecule has 78 valence electrons. The van der Waals surface area contributed by atoms with Crippen LogP contribution in [0.15, 0.2) is 48.7 Å². The molecule has 3 heteroatoms. The van der Waals surface area contributed by atoms with E-state index in [1.165, 1.54) is 0 Å². The molecule has 0 spiro atoms. The summed E-state index contributed by atoms with van der Waals surface area (Å²) >= 11 is 0. The second-order valence-corrected chi connectivity index (χ2v) is 3.68. The third-order valence-electron chi connectivity index (χ3n) is 2.76. The van der Waals surface area contributed by atoms with E-state index in [1.54, 1.807) is 12.1 Å². The molecule has 0 unspecified atom stereocenters. The Kier molecular flexibility index (Phi) is 1.74. The Hall–Kier alpha value is -2.29. The number of pyridine rings is 1. The summed E-state index contributed by atoms with van der Waals surface area (Å²) in [5.41, 5.74) is 2.28. The van der Waals surface area contributed by atoms with Crippen molar-refractivity contribution in [1.29, 1.82) is 0 Å². The number of hydrogen-bond donors (Lipinski definition) is 1. The fourth-order valence-corrected chi connectivity index (χ4v) is 2.04. The maximum absolute atomic E-state index is 11.1. The third kappa shape index (κ3) is 1.11. The number of benzene rings is 1. The standard InChI is InChI=1S/C13H9NO2/c15-13(16)10-5-3-6-12-11(10)8-9-4-1-2-7-14(9)12/h1-8H,(H,15,16). The normalized spacial score (nSPS) is 11.0. The molecule has 0 amide bonds. The molecule has 16 heavy (non-hydrogen) atoms. The summed E-state index contributed by atoms with van der Waals surface area (Å²) < 4.78 is 1.99. The van der Waals surface area contributed by atoms with Crippen LogP contribution < -0.4 is 0 Å². The van der Waals surface area contributed by atoms with E-state index in [9.17, 15) is 4.79 Å². The molecule has 0 radical (unpaired) electrons. The van der Waals surface area contributed by atoms with Gasteiger partial charge in [-0.3, -0.25) is 0 Å². The summed E-state index contributed by atoms with van der Waals surface area (Å²) in [4.78, 5) is 11.1. The van der Waals surface area contributed by atoms with Crippen molar-refractivity contribution in [3.63, 3.8) is 0 Å². The van der Waals surface area contributed by atoms with Gasteiger partial charge in [0.15, 0.2) is 0 Å². The minimum Gasteiger partial charge on any atom is -0.478 e. The SMILES string of the molecule is O=C(O)c1cccc2c1cc1ccccn12. The fourth-order valence-electron chi connectivity index (χ4n) is 2.04. The zero-order valence-corrected chi connectivity index (χ0v) is 8.42. The van der Waals surface area contributed by atoms with Gasteiger partial charge in [0.25, 0.3) is 0 Å². The Balaban J connectivity index is 2.54. The van der Waals surface area contributed by atoms with Crippen LogP contribution in [0.1, 0.15) is 10.4 Å². The van der Waals surface area contributed by atoms with Gasteiger partial charge in [0, 0.05) is 17.1 Å². The molecule has 3 nitrogen and oxygen atoms in total. The summed E-state index contributed by atoms with van der Waals surface area (Å²) in [5, 5.41) is 9.88. The van der Waals surface area contributed by atoms with E-state index in [2.05, 4.69) is 0 Å². The van der Waals surface area contributed by atoms with Gasteiger partial charge < -0.3 is 9.51 Å². The van der Waals surface area contributed by atoms with Gasteiger partial charge in [-0.1, -0.05) is 12.1 Å². The second kappa shape index (κ2) is 3.10. The zero-order chi connectivity index (χ0) is 11.1. The Morgan fingerprint density at radius 3 is 2.81 bits per heavy atom. The van der Waals surface area contributed by atoms with Crippen molar-refractivity contribution >= 4 is 22.4 Å². The lowest BCUT2D eigenvalue weighted by Gasteiger charge is -1.98. The first-order chi connectivity index (χ1) is 7.77. The van der Waals surface area contributed by atoms with Gasteiger partial charge in [0.1, 0.15) is 0 Å². The first kappa shape index (κ1) is 8.97. The van der Waals surface area contributed by atoms with Crippen LogP contribution in [-0.4, -0.2) is 15.5 Å². The number of fused-ring (bicyclic) bond motifs is 3. The molecule has 0 bridgehead atoms. The van der Waals surface area contributed by atoms with Gasteiger partial charge >= 0.3 is 5.97 Å². The lowest BCUT2D eigenvalue weighted by Crippen LogP contribution is -1.96. The van der Waals surface area contributed by atoms with E-state index in [0.29, 0.717) is 5.56 Å². The maximum Gasteiger partial charge on any atom is 0.336 e. The molecule has 0 aliphatic carbocycles. The Morgan fingerprint density at radius 2 is 2.00 bits per heavy atom. The molecule has 2 heterocycles. The van der Waals surface area contributed by atoms with Crippen LogP contribution in [0.4, 0.5) is 0 Å². The molecule has 1 aromatic carbocycles. The van der Waals surface area contributed by atoms with Gasteiger partial charge in [0.05, 0.1) is 11.1 Å². The highest BCUT2D eigenvalue weighted by molar-refractivity contribution is 6.04. The number of rotatable bonds is 1. The number of hydrogen-bond acceptors (Lipinski definition) is 1. The number of carboxylic acid groups (broad SMARTS) is 1. The van der Waals surface area contributed by atoms with Crippen LogP contribution in [0.3, 0.4) is 0 Å². The number of carboxylic acids is 1. The Bertz CT molecular complexity index is 697. The van der Waals surface area contributed by atoms with E-state index >= 15 is 0 Å². The van der Waals surface area contributed by atoms with Crippen molar-refractivity contribution < 1.29 is 9.90 Å². The molecule has 1 N–H and O–H groups in total. The second-order valence-electron chi connectivity index (χ2n) is 3.68. The van der Waals surface area contributed by atoms with E-state index < -0.39 is 5.97 Å². The van der Waals surface area contributed by atoms with Crippen LogP contribution in [0.2, 0.25) is 0 Å². The van der Waals surface area contributed by atoms with Crippen LogP contribution in [0.25, 0.3) is 16.4 Å². The fraction of sp³-hybridized carbons (Fsp3) is 0. The molecule has 0 atom stereocenters. The lowest BCUT2D eigenvalue weighted by atomic mass is 10.1. The first-order valence-electron chi connectivity index (χ1n) is 4.99. The van der Waals surface area contributed by atoms with Crippen molar-refractivity contribution in [2.24, 2.45) is 0 Å². The molecule has 0 saturated heterocycles. The van der Waals surface area contributed by atoms with E-state index in [1.807, 2.05) is 40.9 Å². The zero-order valence-electron chi connectivity index (χ0n) is 8.42. The van der Waals surface area contributed by atoms with Crippen molar-refractivity contribution in [1.82, 2.24) is 4.40 Å². The molecule has 0 aliphatic rings. The Labute approximate surface area is 91.6 Å². The summed E-state index contributed by atoms with van der Waals surface area (Å²) in [6, 6.07) is 13.1. The molecular formula is C13H9NO2. The third-order valence-corrected chi connectivity index (χ3v) is 2.76. The van der Waals surface area contributed by atoms with Gasteiger partial charge in [-0.15, -0.1) is 0 Å². The van der Waals surface area contributed by atoms with Crippen molar-refractivity contribution in [3.8, 4) is 0 Å². The van der Waals surface area contributed by atoms with Crippen LogP contribution in [0.5, 0.6) is 0 Å². The molecule has 3 aromatic rings. The monoisotopic (exact) mass is 211 g/mol. The van der Waals surface area contributed by atoms with Gasteiger partial charge in [-0.2, -0.15) is 0 Å². The molecular weight excluding hydrogens is 202 g/mol. The smallest absolute Gasteiger partial charge is 0.336 e. The van der Waals surface area contributed by atoms with Crippen LogP contribution >= 0.6 is 0 Å². The highest BCUT2D eigenvalue weighted by Gasteiger charge is 2.10. The maximum atomic E-state index is 11.1. The number of carbonyl (C=O) groups is 1. The quantitative estimate of drug-likeness (QED) is 0.672. The highest BCUT2D eigenvalue weighted by Crippen LogP contribution is 2.23. The highest BCUT2D eigenvalue weighted by atomic mass is 16.4. The minimum atomic E-state index is -0.887. The summed E-state index contributed by atoms with van der Waals surface area (Å²) in [6.45, 7) is 0. The van der Waals surface area contributed by atoms with Crippen molar-refractivity contribution in [3.05, 3.63) is 54.2 Å². The van der Waals surface area contributed by atoms with Gasteiger partial charge in [-0.25, -0.2) is 4.79 Å². The largest absolute Gasteiger partial charge is 0.478 e. The Morgan fingerprint density at radius 1 is 1.12 bits per heavy atom. The topological polar surface area (TPSA) is 41.7 Å². The molecule has 3 rings (SSSR count). The van der Waals surface area contributed by atoms with Crippen LogP contribution in [0, 0.1) is 0 Å². The predicted molar refractivity (Wildman–Crippen MR) is 61.9 cm³/mol. The molecule has 0 fully saturated rings.